The molecule has 204 valence electrons. The van der Waals surface area contributed by atoms with Crippen LogP contribution in [0.5, 0.6) is 5.88 Å². The first-order valence-electron chi connectivity index (χ1n) is 13.3. The molecule has 0 unspecified atom stereocenters. The SMILES string of the molecule is CS(=O)(=O)c1ccc2c(c1)CCN2c1cc(OC2CCN(c3ncc(/C=C/c4ccccc4)cn3)CC2)ncn1. The van der Waals surface area contributed by atoms with E-state index in [0.29, 0.717) is 10.8 Å². The predicted octanol–water partition coefficient (Wildman–Crippen LogP) is 4.58. The monoisotopic (exact) mass is 554 g/mol. The molecule has 0 atom stereocenters. The molecule has 0 bridgehead atoms. The van der Waals surface area contributed by atoms with Crippen LogP contribution in [0.25, 0.3) is 12.2 Å². The number of anilines is 3. The molecule has 4 heterocycles. The van der Waals surface area contributed by atoms with Crippen LogP contribution in [0, 0.1) is 0 Å². The minimum absolute atomic E-state index is 0.0373. The molecule has 0 radical (unpaired) electrons. The summed E-state index contributed by atoms with van der Waals surface area (Å²) < 4.78 is 30.1. The van der Waals surface area contributed by atoms with Gasteiger partial charge in [-0.2, -0.15) is 0 Å². The highest BCUT2D eigenvalue weighted by molar-refractivity contribution is 7.90. The summed E-state index contributed by atoms with van der Waals surface area (Å²) in [5, 5.41) is 0. The van der Waals surface area contributed by atoms with Crippen molar-refractivity contribution < 1.29 is 13.2 Å². The average molecular weight is 555 g/mol. The lowest BCUT2D eigenvalue weighted by molar-refractivity contribution is 0.163. The highest BCUT2D eigenvalue weighted by Gasteiger charge is 2.25. The van der Waals surface area contributed by atoms with Crippen LogP contribution in [0.2, 0.25) is 0 Å². The van der Waals surface area contributed by atoms with Gasteiger partial charge < -0.3 is 14.5 Å². The van der Waals surface area contributed by atoms with Gasteiger partial charge in [0, 0.05) is 68.4 Å². The van der Waals surface area contributed by atoms with Crippen molar-refractivity contribution in [3.63, 3.8) is 0 Å². The minimum atomic E-state index is -3.24. The van der Waals surface area contributed by atoms with E-state index < -0.39 is 9.84 Å². The maximum atomic E-state index is 11.9. The van der Waals surface area contributed by atoms with Crippen molar-refractivity contribution >= 4 is 39.4 Å². The van der Waals surface area contributed by atoms with Crippen molar-refractivity contribution in [1.29, 1.82) is 0 Å². The van der Waals surface area contributed by atoms with Gasteiger partial charge in [0.25, 0.3) is 0 Å². The zero-order valence-electron chi connectivity index (χ0n) is 22.2. The number of hydrogen-bond donors (Lipinski definition) is 0. The summed E-state index contributed by atoms with van der Waals surface area (Å²) in [7, 11) is -3.24. The van der Waals surface area contributed by atoms with Gasteiger partial charge >= 0.3 is 0 Å². The molecule has 6 rings (SSSR count). The highest BCUT2D eigenvalue weighted by Crippen LogP contribution is 2.35. The molecule has 0 aliphatic carbocycles. The number of nitrogens with zero attached hydrogens (tertiary/aromatic N) is 6. The van der Waals surface area contributed by atoms with E-state index in [1.54, 1.807) is 12.1 Å². The van der Waals surface area contributed by atoms with Gasteiger partial charge in [0.1, 0.15) is 18.2 Å². The molecule has 9 nitrogen and oxygen atoms in total. The number of aromatic nitrogens is 4. The van der Waals surface area contributed by atoms with Gasteiger partial charge in [-0.3, -0.25) is 0 Å². The minimum Gasteiger partial charge on any atom is -0.474 e. The Balaban J connectivity index is 1.05. The summed E-state index contributed by atoms with van der Waals surface area (Å²) in [4.78, 5) is 22.6. The molecule has 0 saturated carbocycles. The first kappa shape index (κ1) is 25.9. The lowest BCUT2D eigenvalue weighted by Gasteiger charge is -2.32. The van der Waals surface area contributed by atoms with Gasteiger partial charge in [0.2, 0.25) is 11.8 Å². The van der Waals surface area contributed by atoms with Gasteiger partial charge in [-0.15, -0.1) is 0 Å². The Morgan fingerprint density at radius 2 is 1.62 bits per heavy atom. The lowest BCUT2D eigenvalue weighted by Crippen LogP contribution is -2.39. The second kappa shape index (κ2) is 11.1. The first-order chi connectivity index (χ1) is 19.4. The Labute approximate surface area is 234 Å². The maximum absolute atomic E-state index is 11.9. The Kier molecular flexibility index (Phi) is 7.17. The average Bonchev–Trinajstić information content (AvgIpc) is 3.41. The summed E-state index contributed by atoms with van der Waals surface area (Å²) in [6, 6.07) is 17.3. The number of sulfone groups is 1. The third-order valence-corrected chi connectivity index (χ3v) is 8.33. The molecule has 2 aromatic heterocycles. The quantitative estimate of drug-likeness (QED) is 0.325. The van der Waals surface area contributed by atoms with Crippen LogP contribution in [0.15, 0.2) is 78.2 Å². The Bertz CT molecular complexity index is 1620. The van der Waals surface area contributed by atoms with Gasteiger partial charge in [0.15, 0.2) is 9.84 Å². The summed E-state index contributed by atoms with van der Waals surface area (Å²) >= 11 is 0. The number of piperidine rings is 1. The van der Waals surface area contributed by atoms with Crippen LogP contribution in [0.4, 0.5) is 17.5 Å². The van der Waals surface area contributed by atoms with Gasteiger partial charge in [0.05, 0.1) is 4.90 Å². The number of fused-ring (bicyclic) bond motifs is 1. The fraction of sp³-hybridized carbons (Fsp3) is 0.267. The van der Waals surface area contributed by atoms with E-state index >= 15 is 0 Å². The van der Waals surface area contributed by atoms with E-state index in [1.807, 2.05) is 48.8 Å². The van der Waals surface area contributed by atoms with Crippen LogP contribution < -0.4 is 14.5 Å². The van der Waals surface area contributed by atoms with Crippen molar-refractivity contribution in [3.8, 4) is 5.88 Å². The molecular weight excluding hydrogens is 524 g/mol. The number of benzene rings is 2. The molecular formula is C30H30N6O3S. The fourth-order valence-corrected chi connectivity index (χ4v) is 5.74. The maximum Gasteiger partial charge on any atom is 0.225 e. The Morgan fingerprint density at radius 1 is 0.875 bits per heavy atom. The van der Waals surface area contributed by atoms with Crippen molar-refractivity contribution in [1.82, 2.24) is 19.9 Å². The second-order valence-electron chi connectivity index (χ2n) is 10.0. The summed E-state index contributed by atoms with van der Waals surface area (Å²) in [6.45, 7) is 2.31. The summed E-state index contributed by atoms with van der Waals surface area (Å²) in [6.07, 6.45) is 13.0. The summed E-state index contributed by atoms with van der Waals surface area (Å²) in [5.41, 5.74) is 4.06. The molecule has 10 heteroatoms. The van der Waals surface area contributed by atoms with Crippen LogP contribution in [0.3, 0.4) is 0 Å². The molecule has 0 spiro atoms. The van der Waals surface area contributed by atoms with E-state index in [1.165, 1.54) is 12.6 Å². The third kappa shape index (κ3) is 5.81. The van der Waals surface area contributed by atoms with Crippen LogP contribution >= 0.6 is 0 Å². The highest BCUT2D eigenvalue weighted by atomic mass is 32.2. The molecule has 4 aromatic rings. The van der Waals surface area contributed by atoms with E-state index in [0.717, 1.165) is 73.0 Å². The molecule has 2 aliphatic heterocycles. The molecule has 40 heavy (non-hydrogen) atoms. The molecule has 0 N–H and O–H groups in total. The third-order valence-electron chi connectivity index (χ3n) is 7.22. The molecule has 1 saturated heterocycles. The standard InChI is InChI=1S/C30H30N6O3S/c1-40(37,38)26-9-10-27-24(17-26)11-16-36(27)28-18-29(34-21-33-28)39-25-12-14-35(15-13-25)30-31-19-23(20-32-30)8-7-22-5-3-2-4-6-22/h2-10,17-21,25H,11-16H2,1H3/b8-7+. The van der Waals surface area contributed by atoms with Gasteiger partial charge in [-0.25, -0.2) is 28.4 Å². The number of hydrogen-bond acceptors (Lipinski definition) is 9. The van der Waals surface area contributed by atoms with Crippen molar-refractivity contribution in [2.24, 2.45) is 0 Å². The van der Waals surface area contributed by atoms with Crippen molar-refractivity contribution in [2.75, 3.05) is 35.7 Å². The van der Waals surface area contributed by atoms with Crippen LogP contribution in [0.1, 0.15) is 29.5 Å². The molecule has 2 aromatic carbocycles. The number of ether oxygens (including phenoxy) is 1. The molecule has 2 aliphatic rings. The molecule has 0 amide bonds. The molecule has 1 fully saturated rings. The zero-order valence-corrected chi connectivity index (χ0v) is 23.0. The van der Waals surface area contributed by atoms with Gasteiger partial charge in [-0.1, -0.05) is 42.5 Å². The number of rotatable bonds is 7. The smallest absolute Gasteiger partial charge is 0.225 e. The van der Waals surface area contributed by atoms with Crippen LogP contribution in [-0.4, -0.2) is 60.3 Å². The van der Waals surface area contributed by atoms with E-state index in [-0.39, 0.29) is 6.10 Å². The second-order valence-corrected chi connectivity index (χ2v) is 12.1. The van der Waals surface area contributed by atoms with Crippen molar-refractivity contribution in [2.45, 2.75) is 30.3 Å². The zero-order chi connectivity index (χ0) is 27.5. The van der Waals surface area contributed by atoms with E-state index in [4.69, 9.17) is 4.74 Å². The lowest BCUT2D eigenvalue weighted by atomic mass is 10.1. The Hall–Kier alpha value is -4.31. The Morgan fingerprint density at radius 3 is 2.38 bits per heavy atom. The largest absolute Gasteiger partial charge is 0.474 e. The fourth-order valence-electron chi connectivity index (χ4n) is 5.07. The normalized spacial score (nSPS) is 15.9. The first-order valence-corrected chi connectivity index (χ1v) is 15.2. The van der Waals surface area contributed by atoms with E-state index in [2.05, 4.69) is 47.9 Å². The predicted molar refractivity (Wildman–Crippen MR) is 156 cm³/mol. The van der Waals surface area contributed by atoms with Crippen molar-refractivity contribution in [3.05, 3.63) is 90.0 Å². The topological polar surface area (TPSA) is 101 Å². The summed E-state index contributed by atoms with van der Waals surface area (Å²) in [5.74, 6) is 2.00. The van der Waals surface area contributed by atoms with Gasteiger partial charge in [-0.05, 0) is 35.7 Å². The van der Waals surface area contributed by atoms with E-state index in [9.17, 15) is 8.42 Å². The van der Waals surface area contributed by atoms with Crippen LogP contribution in [-0.2, 0) is 16.3 Å².